The van der Waals surface area contributed by atoms with E-state index in [4.69, 9.17) is 49.3 Å². The second-order valence-electron chi connectivity index (χ2n) is 30.8. The van der Waals surface area contributed by atoms with Crippen molar-refractivity contribution in [3.63, 3.8) is 0 Å². The van der Waals surface area contributed by atoms with Crippen molar-refractivity contribution >= 4 is 227 Å². The van der Waals surface area contributed by atoms with Crippen LogP contribution < -0.4 is 13.3 Å². The Labute approximate surface area is 672 Å². The van der Waals surface area contributed by atoms with Crippen molar-refractivity contribution in [2.75, 3.05) is 0 Å². The molecule has 11 rings (SSSR count). The maximum atomic E-state index is 11.3. The van der Waals surface area contributed by atoms with Crippen molar-refractivity contribution in [1.29, 1.82) is 0 Å². The van der Waals surface area contributed by atoms with Gasteiger partial charge in [-0.3, -0.25) is 0 Å². The van der Waals surface area contributed by atoms with Gasteiger partial charge in [-0.2, -0.15) is 0 Å². The number of aromatic nitrogens is 4. The fraction of sp³-hybridized carbons (Fsp3) is 0.528. The van der Waals surface area contributed by atoms with Gasteiger partial charge in [-0.1, -0.05) is 148 Å². The number of carboxylic acids is 2. The second-order valence-corrected chi connectivity index (χ2v) is 47.4. The normalized spacial score (nSPS) is 15.9. The molecule has 4 N–H and O–H groups in total. The quantitative estimate of drug-likeness (QED) is 0.0862. The standard InChI is InChI=1S/C20H27NO3.C20H25NO3.C20H27NO2.C12H14ClNO2.ClH.I3.2I2.HI/c2*1-19(2,3)13-10-14(12-6-8-20(4,5)9-7-12)21-15-11-16(18(22)23)24-17(13)15;1-19(2,3)15-11-16(13-6-8-20(4,5)9-7-13)21-17-10-14(12-22)23-18(15)17;1-12(2,3)8-5-10(13)14-9-4-7(6-15)16-11(8)9;;1-3-2;2*1-2;/h10-12H,6-9H2,1-5H3,(H,22,23);6,10-11H,7-9H2,1-5H3,(H,22,23);6,10-11,22H,7-9,12H2,1-5H3;4-5,15H,6H2,1-3H3;1H;;;;1H/q;;;;;-1;;;. The van der Waals surface area contributed by atoms with Crippen LogP contribution in [0.2, 0.25) is 5.15 Å². The predicted octanol–water partition coefficient (Wildman–Crippen LogP) is 22.8. The third-order valence-electron chi connectivity index (χ3n) is 17.3. The van der Waals surface area contributed by atoms with Crippen molar-refractivity contribution < 1.29 is 60.9 Å². The van der Waals surface area contributed by atoms with Gasteiger partial charge >= 0.3 is 62.4 Å². The fourth-order valence-electron chi connectivity index (χ4n) is 11.6. The van der Waals surface area contributed by atoms with Crippen molar-refractivity contribution in [3.05, 3.63) is 128 Å². The molecular formula is C72H95Cl2I8N4O10-. The van der Waals surface area contributed by atoms with Crippen molar-refractivity contribution in [2.24, 2.45) is 16.2 Å². The molecule has 0 atom stereocenters. The summed E-state index contributed by atoms with van der Waals surface area (Å²) in [7, 11) is 0. The Morgan fingerprint density at radius 2 is 0.833 bits per heavy atom. The van der Waals surface area contributed by atoms with E-state index in [2.05, 4.69) is 272 Å². The Bertz CT molecular complexity index is 3960. The Kier molecular flexibility index (Phi) is 35.5. The number of fused-ring (bicyclic) bond motifs is 4. The number of aliphatic hydroxyl groups excluding tert-OH is 2. The molecule has 0 unspecified atom stereocenters. The first-order valence-corrected chi connectivity index (χ1v) is 56.8. The summed E-state index contributed by atoms with van der Waals surface area (Å²) in [5.41, 5.74) is 16.2. The van der Waals surface area contributed by atoms with Gasteiger partial charge < -0.3 is 38.1 Å². The topological polar surface area (TPSA) is 219 Å². The molecule has 3 aliphatic carbocycles. The number of hydrogen-bond donors (Lipinski definition) is 4. The van der Waals surface area contributed by atoms with E-state index in [1.807, 2.05) is 12.1 Å². The molecule has 0 aliphatic heterocycles. The molecule has 0 radical (unpaired) electrons. The van der Waals surface area contributed by atoms with E-state index in [0.29, 0.717) is 85.4 Å². The molecule has 0 spiro atoms. The van der Waals surface area contributed by atoms with Gasteiger partial charge in [-0.15, -0.1) is 36.4 Å². The molecular weight excluding hydrogens is 2170 g/mol. The maximum absolute atomic E-state index is 11.3. The molecule has 0 amide bonds. The van der Waals surface area contributed by atoms with E-state index in [1.54, 1.807) is 12.1 Å². The molecule has 24 heteroatoms. The molecule has 14 nitrogen and oxygen atoms in total. The van der Waals surface area contributed by atoms with Gasteiger partial charge in [0.1, 0.15) is 52.0 Å². The second kappa shape index (κ2) is 38.0. The molecule has 0 aromatic carbocycles. The van der Waals surface area contributed by atoms with Crippen molar-refractivity contribution in [2.45, 2.75) is 230 Å². The van der Waals surface area contributed by atoms with Gasteiger partial charge in [-0.05, 0) is 138 Å². The average Bonchev–Trinajstić information content (AvgIpc) is 1.55. The molecule has 0 bridgehead atoms. The van der Waals surface area contributed by atoms with E-state index in [0.717, 1.165) is 95.4 Å². The van der Waals surface area contributed by atoms with Crippen LogP contribution in [0, 0.1) is 16.2 Å². The molecule has 8 heterocycles. The van der Waals surface area contributed by atoms with Crippen LogP contribution in [0.15, 0.2) is 78.4 Å². The number of carbonyl (C=O) groups is 2. The summed E-state index contributed by atoms with van der Waals surface area (Å²) < 4.78 is 22.6. The number of allylic oxidation sites excluding steroid dienone is 4. The van der Waals surface area contributed by atoms with Crippen LogP contribution in [-0.4, -0.2) is 52.3 Å². The number of pyridine rings is 4. The van der Waals surface area contributed by atoms with E-state index >= 15 is 0 Å². The van der Waals surface area contributed by atoms with Gasteiger partial charge in [0.15, 0.2) is 22.3 Å². The zero-order valence-electron chi connectivity index (χ0n) is 58.2. The first kappa shape index (κ1) is 89.7. The number of halogens is 10. The van der Waals surface area contributed by atoms with Crippen LogP contribution in [0.3, 0.4) is 0 Å². The zero-order chi connectivity index (χ0) is 70.9. The van der Waals surface area contributed by atoms with E-state index in [9.17, 15) is 24.9 Å². The fourth-order valence-corrected chi connectivity index (χ4v) is 11.8. The third kappa shape index (κ3) is 24.8. The van der Waals surface area contributed by atoms with Crippen LogP contribution in [0.1, 0.15) is 267 Å². The Morgan fingerprint density at radius 1 is 0.510 bits per heavy atom. The molecule has 8 aromatic heterocycles. The van der Waals surface area contributed by atoms with Gasteiger partial charge in [0.25, 0.3) is 0 Å². The Balaban J connectivity index is 0.000000323. The summed E-state index contributed by atoms with van der Waals surface area (Å²) >= 11 is 19.7. The van der Waals surface area contributed by atoms with Crippen LogP contribution in [0.4, 0.5) is 0 Å². The summed E-state index contributed by atoms with van der Waals surface area (Å²) in [5.74, 6) is -0.665. The summed E-state index contributed by atoms with van der Waals surface area (Å²) in [6.07, 6.45) is 15.8. The van der Waals surface area contributed by atoms with E-state index in [1.165, 1.54) is 36.5 Å². The predicted molar refractivity (Wildman–Crippen MR) is 455 cm³/mol. The SMILES string of the molecule is CC(C)(C)c1cc(Cl)nc2cc(CO)oc12.CC1(C)CC=C(c2cc(C(C)(C)C)c3oc(C(=O)O)cc3n2)CC1.CC1(C)CC=C(c2cc(C(C)(C)C)c3oc(CO)cc3n2)CC1.CC1(C)CCC(c2cc(C(C)(C)C)c3oc(C(=O)O)cc3n2)CC1.Cl.I.II.II.I[I-]I. The van der Waals surface area contributed by atoms with Crippen molar-refractivity contribution in [3.8, 4) is 0 Å². The summed E-state index contributed by atoms with van der Waals surface area (Å²) in [6, 6.07) is 14.9. The molecule has 0 saturated heterocycles. The number of hydrogen-bond acceptors (Lipinski definition) is 12. The molecule has 96 heavy (non-hydrogen) atoms. The van der Waals surface area contributed by atoms with E-state index < -0.39 is 11.9 Å². The van der Waals surface area contributed by atoms with Gasteiger partial charge in [0.2, 0.25) is 11.5 Å². The number of carboxylic acid groups (broad SMARTS) is 2. The number of aromatic carboxylic acids is 2. The minimum atomic E-state index is -1.06. The van der Waals surface area contributed by atoms with E-state index in [-0.39, 0.29) is 82.8 Å². The number of nitrogens with zero attached hydrogens (tertiary/aromatic N) is 4. The summed E-state index contributed by atoms with van der Waals surface area (Å²) in [4.78, 5) is 41.0. The first-order valence-electron chi connectivity index (χ1n) is 31.3. The summed E-state index contributed by atoms with van der Waals surface area (Å²) in [6.45, 7) is 39.1. The van der Waals surface area contributed by atoms with Crippen LogP contribution in [-0.2, 0) is 34.9 Å². The zero-order valence-corrected chi connectivity index (χ0v) is 77.2. The average molecular weight is 2260 g/mol. The van der Waals surface area contributed by atoms with Crippen LogP contribution in [0.25, 0.3) is 55.5 Å². The van der Waals surface area contributed by atoms with Gasteiger partial charge in [-0.25, -0.2) is 29.5 Å². The Hall–Kier alpha value is -0.480. The van der Waals surface area contributed by atoms with Gasteiger partial charge in [0.05, 0.1) is 11.4 Å². The molecule has 534 valence electrons. The number of furan rings is 4. The molecule has 3 aliphatic rings. The van der Waals surface area contributed by atoms with Crippen LogP contribution >= 0.6 is 160 Å². The third-order valence-corrected chi connectivity index (χ3v) is 17.5. The minimum absolute atomic E-state index is 0. The molecule has 8 aromatic rings. The van der Waals surface area contributed by atoms with Gasteiger partial charge in [0, 0.05) is 133 Å². The van der Waals surface area contributed by atoms with Crippen LogP contribution in [0.5, 0.6) is 0 Å². The number of aliphatic hydroxyl groups is 2. The Morgan fingerprint density at radius 3 is 1.17 bits per heavy atom. The first-order chi connectivity index (χ1) is 43.7. The molecule has 1 fully saturated rings. The summed E-state index contributed by atoms with van der Waals surface area (Å²) in [5, 5.41) is 37.3. The number of rotatable bonds is 7. The molecule has 1 saturated carbocycles. The van der Waals surface area contributed by atoms with Crippen molar-refractivity contribution in [1.82, 2.24) is 19.9 Å². The monoisotopic (exact) mass is 2260 g/mol.